The Kier molecular flexibility index (Phi) is 8.80. The summed E-state index contributed by atoms with van der Waals surface area (Å²) in [7, 11) is 0. The number of rotatable bonds is 9. The number of hydrogen-bond donors (Lipinski definition) is 1. The van der Waals surface area contributed by atoms with Gasteiger partial charge in [0.25, 0.3) is 11.8 Å². The van der Waals surface area contributed by atoms with Crippen LogP contribution in [0.5, 0.6) is 0 Å². The molecular weight excluding hydrogens is 501 g/mol. The second-order valence-electron chi connectivity index (χ2n) is 9.83. The largest absolute Gasteiger partial charge is 0.350 e. The Morgan fingerprint density at radius 1 is 1.03 bits per heavy atom. The number of carbonyl (C=O) groups excluding carboxylic acids is 4. The van der Waals surface area contributed by atoms with E-state index in [2.05, 4.69) is 5.32 Å². The van der Waals surface area contributed by atoms with Crippen LogP contribution in [-0.4, -0.2) is 51.6 Å². The van der Waals surface area contributed by atoms with Crippen molar-refractivity contribution in [1.82, 2.24) is 15.1 Å². The third-order valence-electron chi connectivity index (χ3n) is 5.89. The molecule has 0 spiro atoms. The van der Waals surface area contributed by atoms with E-state index in [4.69, 9.17) is 23.2 Å². The fourth-order valence-corrected chi connectivity index (χ4v) is 4.65. The quantitative estimate of drug-likeness (QED) is 0.456. The van der Waals surface area contributed by atoms with E-state index in [1.165, 1.54) is 9.80 Å². The minimum atomic E-state index is -0.720. The molecule has 0 aliphatic carbocycles. The van der Waals surface area contributed by atoms with Crippen molar-refractivity contribution in [2.24, 2.45) is 0 Å². The van der Waals surface area contributed by atoms with Gasteiger partial charge in [-0.05, 0) is 63.4 Å². The Balaban J connectivity index is 1.75. The van der Waals surface area contributed by atoms with Crippen LogP contribution < -0.4 is 5.32 Å². The van der Waals surface area contributed by atoms with Crippen LogP contribution >= 0.6 is 23.2 Å². The van der Waals surface area contributed by atoms with Crippen LogP contribution in [0.3, 0.4) is 0 Å². The maximum Gasteiger partial charge on any atom is 0.261 e. The van der Waals surface area contributed by atoms with Crippen LogP contribution in [0.2, 0.25) is 10.0 Å². The zero-order chi connectivity index (χ0) is 26.6. The van der Waals surface area contributed by atoms with Gasteiger partial charge in [-0.2, -0.15) is 0 Å². The number of amides is 4. The molecular formula is C27H31Cl2N3O4. The van der Waals surface area contributed by atoms with Gasteiger partial charge in [0.1, 0.15) is 6.04 Å². The highest BCUT2D eigenvalue weighted by atomic mass is 35.5. The van der Waals surface area contributed by atoms with Gasteiger partial charge in [0.2, 0.25) is 11.8 Å². The number of nitrogens with zero attached hydrogens (tertiary/aromatic N) is 2. The zero-order valence-corrected chi connectivity index (χ0v) is 22.4. The summed E-state index contributed by atoms with van der Waals surface area (Å²) >= 11 is 12.4. The molecule has 3 rings (SSSR count). The van der Waals surface area contributed by atoms with Crippen molar-refractivity contribution in [2.75, 3.05) is 6.54 Å². The first-order valence-corrected chi connectivity index (χ1v) is 12.7. The fraction of sp³-hybridized carbons (Fsp3) is 0.407. The number of hydrogen-bond acceptors (Lipinski definition) is 4. The van der Waals surface area contributed by atoms with Crippen molar-refractivity contribution < 1.29 is 19.2 Å². The van der Waals surface area contributed by atoms with Gasteiger partial charge < -0.3 is 10.2 Å². The molecule has 192 valence electrons. The molecule has 1 unspecified atom stereocenters. The van der Waals surface area contributed by atoms with Crippen molar-refractivity contribution in [1.29, 1.82) is 0 Å². The third kappa shape index (κ3) is 6.45. The van der Waals surface area contributed by atoms with Crippen molar-refractivity contribution >= 4 is 46.8 Å². The maximum absolute atomic E-state index is 13.4. The molecule has 4 amide bonds. The van der Waals surface area contributed by atoms with Crippen LogP contribution in [-0.2, 0) is 16.1 Å². The molecule has 1 aliphatic heterocycles. The molecule has 1 N–H and O–H groups in total. The Bertz CT molecular complexity index is 1140. The van der Waals surface area contributed by atoms with Crippen LogP contribution in [0.25, 0.3) is 0 Å². The van der Waals surface area contributed by atoms with E-state index in [-0.39, 0.29) is 49.6 Å². The minimum absolute atomic E-state index is 0.0535. The maximum atomic E-state index is 13.4. The van der Waals surface area contributed by atoms with Gasteiger partial charge in [0, 0.05) is 35.1 Å². The van der Waals surface area contributed by atoms with Crippen LogP contribution in [0, 0.1) is 0 Å². The molecule has 0 aromatic heterocycles. The fourth-order valence-electron chi connectivity index (χ4n) is 4.18. The Morgan fingerprint density at radius 2 is 1.64 bits per heavy atom. The highest BCUT2D eigenvalue weighted by molar-refractivity contribution is 6.35. The zero-order valence-electron chi connectivity index (χ0n) is 20.9. The molecule has 0 fully saturated rings. The number of halogens is 2. The lowest BCUT2D eigenvalue weighted by Gasteiger charge is -2.33. The summed E-state index contributed by atoms with van der Waals surface area (Å²) in [4.78, 5) is 54.5. The van der Waals surface area contributed by atoms with E-state index >= 15 is 0 Å². The van der Waals surface area contributed by atoms with Gasteiger partial charge >= 0.3 is 0 Å². The summed E-state index contributed by atoms with van der Waals surface area (Å²) in [6, 6.07) is 11.0. The predicted octanol–water partition coefficient (Wildman–Crippen LogP) is 5.09. The van der Waals surface area contributed by atoms with Crippen LogP contribution in [0.1, 0.15) is 73.2 Å². The molecule has 1 aliphatic rings. The normalized spacial score (nSPS) is 14.0. The second kappa shape index (κ2) is 11.4. The summed E-state index contributed by atoms with van der Waals surface area (Å²) in [5.74, 6) is -1.25. The van der Waals surface area contributed by atoms with E-state index in [0.29, 0.717) is 33.2 Å². The van der Waals surface area contributed by atoms with Gasteiger partial charge in [0.05, 0.1) is 11.1 Å². The van der Waals surface area contributed by atoms with E-state index in [1.807, 2.05) is 27.7 Å². The van der Waals surface area contributed by atoms with Gasteiger partial charge in [-0.3, -0.25) is 24.1 Å². The molecule has 0 radical (unpaired) electrons. The van der Waals surface area contributed by atoms with Gasteiger partial charge in [-0.1, -0.05) is 48.3 Å². The topological polar surface area (TPSA) is 86.8 Å². The molecule has 7 nitrogen and oxygen atoms in total. The number of carbonyl (C=O) groups is 4. The molecule has 0 bridgehead atoms. The predicted molar refractivity (Wildman–Crippen MR) is 140 cm³/mol. The van der Waals surface area contributed by atoms with E-state index < -0.39 is 11.6 Å². The standard InChI is InChI=1S/C27H31Cl2N3O4/c1-5-22(24(34)30-27(2,3)4)32(16-17-12-13-18(28)15-21(17)29)23(33)11-8-14-31-25(35)19-9-6-7-10-20(19)26(31)36/h6-7,9-10,12-13,15,22H,5,8,11,14,16H2,1-4H3,(H,30,34). The minimum Gasteiger partial charge on any atom is -0.350 e. The van der Waals surface area contributed by atoms with Crippen LogP contribution in [0.4, 0.5) is 0 Å². The summed E-state index contributed by atoms with van der Waals surface area (Å²) < 4.78 is 0. The molecule has 1 atom stereocenters. The van der Waals surface area contributed by atoms with Gasteiger partial charge in [0.15, 0.2) is 0 Å². The van der Waals surface area contributed by atoms with Crippen molar-refractivity contribution in [2.45, 2.75) is 65.1 Å². The lowest BCUT2D eigenvalue weighted by atomic mass is 10.0. The van der Waals surface area contributed by atoms with Gasteiger partial charge in [-0.25, -0.2) is 0 Å². The summed E-state index contributed by atoms with van der Waals surface area (Å²) in [5, 5.41) is 3.83. The second-order valence-corrected chi connectivity index (χ2v) is 10.7. The molecule has 9 heteroatoms. The molecule has 1 heterocycles. The number of fused-ring (bicyclic) bond motifs is 1. The van der Waals surface area contributed by atoms with E-state index in [9.17, 15) is 19.2 Å². The Hall–Kier alpha value is -2.90. The first-order chi connectivity index (χ1) is 16.9. The average molecular weight is 532 g/mol. The Morgan fingerprint density at radius 3 is 2.17 bits per heavy atom. The lowest BCUT2D eigenvalue weighted by molar-refractivity contribution is -0.142. The number of imide groups is 1. The van der Waals surface area contributed by atoms with Crippen molar-refractivity contribution in [3.05, 3.63) is 69.2 Å². The average Bonchev–Trinajstić information content (AvgIpc) is 3.04. The molecule has 0 saturated heterocycles. The Labute approximate surface area is 221 Å². The molecule has 2 aromatic carbocycles. The first kappa shape index (κ1) is 27.7. The molecule has 2 aromatic rings. The molecule has 0 saturated carbocycles. The highest BCUT2D eigenvalue weighted by Gasteiger charge is 2.35. The summed E-state index contributed by atoms with van der Waals surface area (Å²) in [6.45, 7) is 7.71. The lowest BCUT2D eigenvalue weighted by Crippen LogP contribution is -2.53. The number of nitrogens with one attached hydrogen (secondary N) is 1. The van der Waals surface area contributed by atoms with Crippen LogP contribution in [0.15, 0.2) is 42.5 Å². The summed E-state index contributed by atoms with van der Waals surface area (Å²) in [6.07, 6.45) is 0.724. The SMILES string of the molecule is CCC(C(=O)NC(C)(C)C)N(Cc1ccc(Cl)cc1Cl)C(=O)CCCN1C(=O)c2ccccc2C1=O. The van der Waals surface area contributed by atoms with Gasteiger partial charge in [-0.15, -0.1) is 0 Å². The highest BCUT2D eigenvalue weighted by Crippen LogP contribution is 2.25. The van der Waals surface area contributed by atoms with E-state index in [0.717, 1.165) is 0 Å². The third-order valence-corrected chi connectivity index (χ3v) is 6.48. The van der Waals surface area contributed by atoms with Crippen molar-refractivity contribution in [3.8, 4) is 0 Å². The summed E-state index contributed by atoms with van der Waals surface area (Å²) in [5.41, 5.74) is 0.940. The van der Waals surface area contributed by atoms with Crippen molar-refractivity contribution in [3.63, 3.8) is 0 Å². The number of benzene rings is 2. The smallest absolute Gasteiger partial charge is 0.261 e. The van der Waals surface area contributed by atoms with E-state index in [1.54, 1.807) is 42.5 Å². The molecule has 36 heavy (non-hydrogen) atoms. The monoisotopic (exact) mass is 531 g/mol. The first-order valence-electron chi connectivity index (χ1n) is 11.9.